The highest BCUT2D eigenvalue weighted by molar-refractivity contribution is 5.77. The molecule has 0 radical (unpaired) electrons. The average molecular weight is 301 g/mol. The normalized spacial score (nSPS) is 22.9. The maximum Gasteiger partial charge on any atom is 0.222 e. The Morgan fingerprint density at radius 2 is 1.91 bits per heavy atom. The molecule has 0 aliphatic carbocycles. The van der Waals surface area contributed by atoms with Gasteiger partial charge in [0.2, 0.25) is 5.91 Å². The summed E-state index contributed by atoms with van der Waals surface area (Å²) >= 11 is 0. The molecule has 4 nitrogen and oxygen atoms in total. The molecule has 4 heteroatoms. The van der Waals surface area contributed by atoms with Crippen molar-refractivity contribution in [2.45, 2.75) is 44.6 Å². The molecule has 0 saturated carbocycles. The van der Waals surface area contributed by atoms with Gasteiger partial charge in [-0.3, -0.25) is 9.69 Å². The molecule has 22 heavy (non-hydrogen) atoms. The van der Waals surface area contributed by atoms with Gasteiger partial charge in [0.1, 0.15) is 0 Å². The molecule has 2 N–H and O–H groups in total. The van der Waals surface area contributed by atoms with Crippen molar-refractivity contribution in [3.8, 4) is 0 Å². The number of carbonyl (C=O) groups is 1. The number of likely N-dealkylation sites (tertiary alicyclic amines) is 2. The Kier molecular flexibility index (Phi) is 4.98. The zero-order chi connectivity index (χ0) is 15.4. The van der Waals surface area contributed by atoms with Crippen LogP contribution in [-0.2, 0) is 11.2 Å². The van der Waals surface area contributed by atoms with E-state index in [1.54, 1.807) is 0 Å². The number of para-hydroxylation sites is 1. The van der Waals surface area contributed by atoms with E-state index in [0.717, 1.165) is 37.2 Å². The molecule has 2 aliphatic heterocycles. The predicted molar refractivity (Wildman–Crippen MR) is 89.6 cm³/mol. The van der Waals surface area contributed by atoms with Crippen LogP contribution in [-0.4, -0.2) is 47.9 Å². The highest BCUT2D eigenvalue weighted by Gasteiger charge is 2.30. The third-order valence-electron chi connectivity index (χ3n) is 5.09. The maximum absolute atomic E-state index is 12.4. The van der Waals surface area contributed by atoms with Crippen molar-refractivity contribution >= 4 is 11.6 Å². The Labute approximate surface area is 133 Å². The highest BCUT2D eigenvalue weighted by Crippen LogP contribution is 2.21. The number of anilines is 1. The van der Waals surface area contributed by atoms with E-state index < -0.39 is 0 Å². The van der Waals surface area contributed by atoms with Crippen molar-refractivity contribution in [2.24, 2.45) is 0 Å². The molecule has 1 aromatic rings. The molecule has 2 aliphatic rings. The molecule has 120 valence electrons. The molecule has 2 fully saturated rings. The molecule has 0 spiro atoms. The van der Waals surface area contributed by atoms with Crippen LogP contribution >= 0.6 is 0 Å². The van der Waals surface area contributed by atoms with Crippen molar-refractivity contribution in [1.82, 2.24) is 9.80 Å². The lowest BCUT2D eigenvalue weighted by Gasteiger charge is -2.32. The highest BCUT2D eigenvalue weighted by atomic mass is 16.2. The number of piperidine rings is 1. The van der Waals surface area contributed by atoms with Gasteiger partial charge >= 0.3 is 0 Å². The Bertz CT molecular complexity index is 511. The third kappa shape index (κ3) is 3.61. The third-order valence-corrected chi connectivity index (χ3v) is 5.09. The van der Waals surface area contributed by atoms with E-state index in [9.17, 15) is 4.79 Å². The number of hydrogen-bond acceptors (Lipinski definition) is 3. The number of hydrogen-bond donors (Lipinski definition) is 1. The molecular formula is C18H27N3O. The summed E-state index contributed by atoms with van der Waals surface area (Å²) in [4.78, 5) is 17.1. The lowest BCUT2D eigenvalue weighted by atomic mass is 10.1. The first-order valence-electron chi connectivity index (χ1n) is 8.59. The van der Waals surface area contributed by atoms with Gasteiger partial charge in [0.05, 0.1) is 0 Å². The first-order chi connectivity index (χ1) is 10.7. The second kappa shape index (κ2) is 7.14. The molecule has 0 bridgehead atoms. The number of rotatable bonds is 4. The van der Waals surface area contributed by atoms with E-state index in [0.29, 0.717) is 12.5 Å². The lowest BCUT2D eigenvalue weighted by molar-refractivity contribution is -0.130. The average Bonchev–Trinajstić information content (AvgIpc) is 3.05. The van der Waals surface area contributed by atoms with Crippen LogP contribution in [0.4, 0.5) is 5.69 Å². The summed E-state index contributed by atoms with van der Waals surface area (Å²) in [5.74, 6) is 0.280. The summed E-state index contributed by atoms with van der Waals surface area (Å²) in [5.41, 5.74) is 7.83. The first kappa shape index (κ1) is 15.3. The Morgan fingerprint density at radius 1 is 1.14 bits per heavy atom. The van der Waals surface area contributed by atoms with E-state index in [4.69, 9.17) is 5.73 Å². The number of nitrogens with two attached hydrogens (primary N) is 1. The van der Waals surface area contributed by atoms with Crippen molar-refractivity contribution < 1.29 is 4.79 Å². The Hall–Kier alpha value is -1.55. The number of aryl methyl sites for hydroxylation is 1. The van der Waals surface area contributed by atoms with Gasteiger partial charge < -0.3 is 10.6 Å². The molecule has 0 aromatic heterocycles. The number of nitrogen functional groups attached to an aromatic ring is 1. The van der Waals surface area contributed by atoms with Gasteiger partial charge in [-0.15, -0.1) is 0 Å². The molecule has 2 saturated heterocycles. The van der Waals surface area contributed by atoms with Crippen LogP contribution in [0.1, 0.15) is 37.7 Å². The second-order valence-corrected chi connectivity index (χ2v) is 6.58. The molecular weight excluding hydrogens is 274 g/mol. The van der Waals surface area contributed by atoms with Crippen LogP contribution in [0.3, 0.4) is 0 Å². The van der Waals surface area contributed by atoms with Crippen LogP contribution in [0.25, 0.3) is 0 Å². The Balaban J connectivity index is 1.48. The number of amides is 1. The van der Waals surface area contributed by atoms with Gasteiger partial charge in [-0.2, -0.15) is 0 Å². The summed E-state index contributed by atoms with van der Waals surface area (Å²) in [6.07, 6.45) is 6.45. The molecule has 3 rings (SSSR count). The van der Waals surface area contributed by atoms with Crippen LogP contribution in [0.2, 0.25) is 0 Å². The van der Waals surface area contributed by atoms with Crippen LogP contribution in [0.15, 0.2) is 24.3 Å². The lowest BCUT2D eigenvalue weighted by Crippen LogP contribution is -2.41. The minimum absolute atomic E-state index is 0.280. The van der Waals surface area contributed by atoms with E-state index in [2.05, 4.69) is 9.80 Å². The molecule has 1 aromatic carbocycles. The van der Waals surface area contributed by atoms with Crippen molar-refractivity contribution in [3.05, 3.63) is 29.8 Å². The van der Waals surface area contributed by atoms with Gasteiger partial charge in [0, 0.05) is 31.2 Å². The fourth-order valence-electron chi connectivity index (χ4n) is 3.71. The van der Waals surface area contributed by atoms with E-state index in [-0.39, 0.29) is 5.91 Å². The van der Waals surface area contributed by atoms with Crippen LogP contribution in [0.5, 0.6) is 0 Å². The largest absolute Gasteiger partial charge is 0.399 e. The fraction of sp³-hybridized carbons (Fsp3) is 0.611. The van der Waals surface area contributed by atoms with Gasteiger partial charge in [-0.1, -0.05) is 24.6 Å². The number of benzene rings is 1. The topological polar surface area (TPSA) is 49.6 Å². The molecule has 1 atom stereocenters. The van der Waals surface area contributed by atoms with E-state index >= 15 is 0 Å². The van der Waals surface area contributed by atoms with Gasteiger partial charge in [0.15, 0.2) is 0 Å². The number of carbonyl (C=O) groups excluding carboxylic acids is 1. The summed E-state index contributed by atoms with van der Waals surface area (Å²) < 4.78 is 0. The molecule has 2 heterocycles. The van der Waals surface area contributed by atoms with Crippen molar-refractivity contribution in [3.63, 3.8) is 0 Å². The summed E-state index contributed by atoms with van der Waals surface area (Å²) in [5, 5.41) is 0. The van der Waals surface area contributed by atoms with Gasteiger partial charge in [-0.05, 0) is 50.4 Å². The SMILES string of the molecule is Nc1ccccc1CCC(=O)N1CCC(N2CCCCC2)C1. The van der Waals surface area contributed by atoms with E-state index in [1.165, 1.54) is 32.4 Å². The summed E-state index contributed by atoms with van der Waals surface area (Å²) in [7, 11) is 0. The van der Waals surface area contributed by atoms with Gasteiger partial charge in [-0.25, -0.2) is 0 Å². The monoisotopic (exact) mass is 301 g/mol. The van der Waals surface area contributed by atoms with Gasteiger partial charge in [0.25, 0.3) is 0 Å². The zero-order valence-corrected chi connectivity index (χ0v) is 13.3. The maximum atomic E-state index is 12.4. The minimum Gasteiger partial charge on any atom is -0.399 e. The smallest absolute Gasteiger partial charge is 0.222 e. The van der Waals surface area contributed by atoms with Crippen LogP contribution in [0, 0.1) is 0 Å². The molecule has 1 unspecified atom stereocenters. The molecule has 1 amide bonds. The fourth-order valence-corrected chi connectivity index (χ4v) is 3.71. The minimum atomic E-state index is 0.280. The van der Waals surface area contributed by atoms with Crippen LogP contribution < -0.4 is 5.73 Å². The number of nitrogens with zero attached hydrogens (tertiary/aromatic N) is 2. The summed E-state index contributed by atoms with van der Waals surface area (Å²) in [6, 6.07) is 8.43. The van der Waals surface area contributed by atoms with Crippen molar-refractivity contribution in [1.29, 1.82) is 0 Å². The van der Waals surface area contributed by atoms with Crippen molar-refractivity contribution in [2.75, 3.05) is 31.9 Å². The Morgan fingerprint density at radius 3 is 2.68 bits per heavy atom. The summed E-state index contributed by atoms with van der Waals surface area (Å²) in [6.45, 7) is 4.27. The second-order valence-electron chi connectivity index (χ2n) is 6.58. The zero-order valence-electron chi connectivity index (χ0n) is 13.3. The predicted octanol–water partition coefficient (Wildman–Crippen LogP) is 2.29. The first-order valence-corrected chi connectivity index (χ1v) is 8.59. The standard InChI is InChI=1S/C18H27N3O/c19-17-7-3-2-6-15(17)8-9-18(22)21-13-10-16(14-21)20-11-4-1-5-12-20/h2-3,6-7,16H,1,4-5,8-14,19H2. The quantitative estimate of drug-likeness (QED) is 0.868. The van der Waals surface area contributed by atoms with E-state index in [1.807, 2.05) is 24.3 Å².